The van der Waals surface area contributed by atoms with Gasteiger partial charge < -0.3 is 5.11 Å². The monoisotopic (exact) mass is 174 g/mol. The van der Waals surface area contributed by atoms with Gasteiger partial charge in [0.15, 0.2) is 0 Å². The van der Waals surface area contributed by atoms with Crippen molar-refractivity contribution in [1.29, 1.82) is 0 Å². The third-order valence-electron chi connectivity index (χ3n) is 2.36. The Balaban J connectivity index is 2.53. The van der Waals surface area contributed by atoms with Crippen LogP contribution in [0.15, 0.2) is 11.6 Å². The highest BCUT2D eigenvalue weighted by Gasteiger charge is 2.42. The Morgan fingerprint density at radius 1 is 1.64 bits per heavy atom. The van der Waals surface area contributed by atoms with Crippen LogP contribution in [0.4, 0.5) is 0 Å². The number of hydrogen-bond donors (Lipinski definition) is 1. The minimum absolute atomic E-state index is 0.481. The zero-order valence-corrected chi connectivity index (χ0v) is 6.97. The van der Waals surface area contributed by atoms with Crippen LogP contribution in [0.2, 0.25) is 0 Å². The van der Waals surface area contributed by atoms with Gasteiger partial charge in [-0.3, -0.25) is 4.79 Å². The van der Waals surface area contributed by atoms with Gasteiger partial charge in [-0.25, -0.2) is 0 Å². The Morgan fingerprint density at radius 2 is 2.27 bits per heavy atom. The van der Waals surface area contributed by atoms with Crippen molar-refractivity contribution in [2.24, 2.45) is 5.41 Å². The maximum Gasteiger partial charge on any atom is 0.309 e. The van der Waals surface area contributed by atoms with Crippen LogP contribution < -0.4 is 0 Å². The van der Waals surface area contributed by atoms with Gasteiger partial charge in [0, 0.05) is 5.54 Å². The fourth-order valence-corrected chi connectivity index (χ4v) is 1.47. The van der Waals surface area contributed by atoms with E-state index in [1.165, 1.54) is 5.54 Å². The van der Waals surface area contributed by atoms with Crippen molar-refractivity contribution in [3.05, 3.63) is 11.6 Å². The van der Waals surface area contributed by atoms with Crippen LogP contribution in [0, 0.1) is 5.41 Å². The SMILES string of the molecule is O=C(O)C1(C/C=C/Cl)CCC1. The van der Waals surface area contributed by atoms with E-state index in [0.717, 1.165) is 19.3 Å². The average Bonchev–Trinajstić information content (AvgIpc) is 1.85. The quantitative estimate of drug-likeness (QED) is 0.714. The molecule has 1 aliphatic carbocycles. The molecule has 0 aromatic rings. The fraction of sp³-hybridized carbons (Fsp3) is 0.625. The number of carbonyl (C=O) groups is 1. The largest absolute Gasteiger partial charge is 0.481 e. The molecular weight excluding hydrogens is 164 g/mol. The Morgan fingerprint density at radius 3 is 2.55 bits per heavy atom. The molecule has 0 amide bonds. The first kappa shape index (κ1) is 8.60. The van der Waals surface area contributed by atoms with Crippen molar-refractivity contribution in [3.8, 4) is 0 Å². The number of carboxylic acid groups (broad SMARTS) is 1. The van der Waals surface area contributed by atoms with Crippen molar-refractivity contribution < 1.29 is 9.90 Å². The molecule has 0 aromatic heterocycles. The molecule has 0 aromatic carbocycles. The smallest absolute Gasteiger partial charge is 0.309 e. The lowest BCUT2D eigenvalue weighted by molar-refractivity contribution is -0.154. The molecule has 0 bridgehead atoms. The minimum Gasteiger partial charge on any atom is -0.481 e. The van der Waals surface area contributed by atoms with Crippen LogP contribution in [0.1, 0.15) is 25.7 Å². The van der Waals surface area contributed by atoms with Crippen molar-refractivity contribution in [2.75, 3.05) is 0 Å². The number of hydrogen-bond acceptors (Lipinski definition) is 1. The summed E-state index contributed by atoms with van der Waals surface area (Å²) >= 11 is 5.32. The summed E-state index contributed by atoms with van der Waals surface area (Å²) in [6.45, 7) is 0. The molecule has 0 spiro atoms. The molecule has 0 unspecified atom stereocenters. The van der Waals surface area contributed by atoms with E-state index in [1.54, 1.807) is 6.08 Å². The van der Waals surface area contributed by atoms with Crippen molar-refractivity contribution in [3.63, 3.8) is 0 Å². The van der Waals surface area contributed by atoms with Crippen molar-refractivity contribution in [1.82, 2.24) is 0 Å². The van der Waals surface area contributed by atoms with E-state index in [1.807, 2.05) is 0 Å². The lowest BCUT2D eigenvalue weighted by atomic mass is 9.67. The first-order chi connectivity index (χ1) is 5.21. The molecule has 1 saturated carbocycles. The number of halogens is 1. The molecule has 3 heteroatoms. The van der Waals surface area contributed by atoms with E-state index in [0.29, 0.717) is 6.42 Å². The maximum absolute atomic E-state index is 10.7. The summed E-state index contributed by atoms with van der Waals surface area (Å²) in [7, 11) is 0. The number of allylic oxidation sites excluding steroid dienone is 1. The van der Waals surface area contributed by atoms with Gasteiger partial charge in [-0.2, -0.15) is 0 Å². The molecule has 1 rings (SSSR count). The Hall–Kier alpha value is -0.500. The Labute approximate surface area is 70.9 Å². The summed E-state index contributed by atoms with van der Waals surface area (Å²) in [6.07, 6.45) is 4.91. The molecule has 1 N–H and O–H groups in total. The molecule has 0 aliphatic heterocycles. The molecule has 62 valence electrons. The molecule has 2 nitrogen and oxygen atoms in total. The van der Waals surface area contributed by atoms with Crippen LogP contribution in [-0.2, 0) is 4.79 Å². The van der Waals surface area contributed by atoms with Crippen LogP contribution in [-0.4, -0.2) is 11.1 Å². The molecule has 0 radical (unpaired) electrons. The first-order valence-electron chi connectivity index (χ1n) is 3.70. The fourth-order valence-electron chi connectivity index (χ4n) is 1.38. The predicted molar refractivity (Wildman–Crippen MR) is 43.5 cm³/mol. The van der Waals surface area contributed by atoms with Gasteiger partial charge in [0.05, 0.1) is 5.41 Å². The summed E-state index contributed by atoms with van der Waals surface area (Å²) in [5.41, 5.74) is 0.911. The zero-order valence-electron chi connectivity index (χ0n) is 6.22. The number of aliphatic carboxylic acids is 1. The van der Waals surface area contributed by atoms with Crippen LogP contribution in [0.5, 0.6) is 0 Å². The van der Waals surface area contributed by atoms with Crippen LogP contribution >= 0.6 is 11.6 Å². The van der Waals surface area contributed by atoms with Crippen LogP contribution in [0.3, 0.4) is 0 Å². The summed E-state index contributed by atoms with van der Waals surface area (Å²) in [4.78, 5) is 10.7. The molecular formula is C8H11ClO2. The predicted octanol–water partition coefficient (Wildman–Crippen LogP) is 2.38. The normalized spacial score (nSPS) is 21.5. The molecule has 0 heterocycles. The Kier molecular flexibility index (Phi) is 2.55. The topological polar surface area (TPSA) is 37.3 Å². The van der Waals surface area contributed by atoms with Crippen molar-refractivity contribution in [2.45, 2.75) is 25.7 Å². The van der Waals surface area contributed by atoms with Gasteiger partial charge in [-0.05, 0) is 19.3 Å². The van der Waals surface area contributed by atoms with Crippen LogP contribution in [0.25, 0.3) is 0 Å². The van der Waals surface area contributed by atoms with E-state index < -0.39 is 11.4 Å². The third kappa shape index (κ3) is 1.56. The average molecular weight is 175 g/mol. The second-order valence-corrected chi connectivity index (χ2v) is 3.26. The van der Waals surface area contributed by atoms with E-state index in [-0.39, 0.29) is 0 Å². The third-order valence-corrected chi connectivity index (χ3v) is 2.54. The van der Waals surface area contributed by atoms with Gasteiger partial charge in [-0.1, -0.05) is 24.1 Å². The second kappa shape index (κ2) is 3.26. The van der Waals surface area contributed by atoms with Gasteiger partial charge in [0.2, 0.25) is 0 Å². The zero-order chi connectivity index (χ0) is 8.32. The summed E-state index contributed by atoms with van der Waals surface area (Å²) in [5.74, 6) is -0.682. The van der Waals surface area contributed by atoms with Crippen molar-refractivity contribution >= 4 is 17.6 Å². The van der Waals surface area contributed by atoms with E-state index >= 15 is 0 Å². The summed E-state index contributed by atoms with van der Waals surface area (Å²) < 4.78 is 0. The minimum atomic E-state index is -0.682. The van der Waals surface area contributed by atoms with E-state index in [4.69, 9.17) is 16.7 Å². The number of rotatable bonds is 3. The lowest BCUT2D eigenvalue weighted by Crippen LogP contribution is -2.37. The highest BCUT2D eigenvalue weighted by molar-refractivity contribution is 6.25. The highest BCUT2D eigenvalue weighted by Crippen LogP contribution is 2.44. The molecule has 11 heavy (non-hydrogen) atoms. The molecule has 1 aliphatic rings. The molecule has 1 fully saturated rings. The standard InChI is InChI=1S/C8H11ClO2/c9-6-2-5-8(7(10)11)3-1-4-8/h2,6H,1,3-5H2,(H,10,11)/b6-2+. The maximum atomic E-state index is 10.7. The second-order valence-electron chi connectivity index (χ2n) is 3.00. The number of carboxylic acids is 1. The summed E-state index contributed by atoms with van der Waals surface area (Å²) in [6, 6.07) is 0. The van der Waals surface area contributed by atoms with Gasteiger partial charge in [-0.15, -0.1) is 0 Å². The lowest BCUT2D eigenvalue weighted by Gasteiger charge is -2.36. The highest BCUT2D eigenvalue weighted by atomic mass is 35.5. The molecule has 0 atom stereocenters. The Bertz CT molecular complexity index is 183. The molecule has 0 saturated heterocycles. The van der Waals surface area contributed by atoms with E-state index in [9.17, 15) is 4.79 Å². The first-order valence-corrected chi connectivity index (χ1v) is 4.13. The van der Waals surface area contributed by atoms with E-state index in [2.05, 4.69) is 0 Å². The van der Waals surface area contributed by atoms with Gasteiger partial charge >= 0.3 is 5.97 Å². The van der Waals surface area contributed by atoms with Gasteiger partial charge in [0.25, 0.3) is 0 Å². The summed E-state index contributed by atoms with van der Waals surface area (Å²) in [5, 5.41) is 8.83. The van der Waals surface area contributed by atoms with Gasteiger partial charge in [0.1, 0.15) is 0 Å².